The molecule has 24 heavy (non-hydrogen) atoms. The second-order valence-electron chi connectivity index (χ2n) is 5.56. The summed E-state index contributed by atoms with van der Waals surface area (Å²) in [5, 5.41) is 17.9. The molecule has 3 rings (SSSR count). The Morgan fingerprint density at radius 2 is 2.04 bits per heavy atom. The number of carbonyl (C=O) groups is 2. The number of amides is 3. The molecule has 0 unspecified atom stereocenters. The van der Waals surface area contributed by atoms with Crippen molar-refractivity contribution in [1.82, 2.24) is 15.6 Å². The molecular weight excluding hydrogens is 308 g/mol. The molecule has 1 aliphatic carbocycles. The predicted molar refractivity (Wildman–Crippen MR) is 88.3 cm³/mol. The van der Waals surface area contributed by atoms with Crippen LogP contribution in [0, 0.1) is 0 Å². The summed E-state index contributed by atoms with van der Waals surface area (Å²) in [6, 6.07) is 10.0. The Bertz CT molecular complexity index is 736. The summed E-state index contributed by atoms with van der Waals surface area (Å²) in [5.41, 5.74) is 2.48. The van der Waals surface area contributed by atoms with Crippen LogP contribution in [0.5, 0.6) is 0 Å². The van der Waals surface area contributed by atoms with Gasteiger partial charge in [0.15, 0.2) is 0 Å². The van der Waals surface area contributed by atoms with Gasteiger partial charge in [-0.15, -0.1) is 0 Å². The molecule has 0 spiro atoms. The van der Waals surface area contributed by atoms with Crippen molar-refractivity contribution in [3.63, 3.8) is 0 Å². The first-order chi connectivity index (χ1) is 11.6. The Kier molecular flexibility index (Phi) is 4.72. The van der Waals surface area contributed by atoms with Crippen LogP contribution in [-0.4, -0.2) is 34.7 Å². The number of carbonyl (C=O) groups excluding carboxylic acids is 2. The SMILES string of the molecule is O=C(CNC(=O)N[C@H]1c2ccccc2C[C@H]1O)Nc1cccnc1. The van der Waals surface area contributed by atoms with Gasteiger partial charge >= 0.3 is 6.03 Å². The quantitative estimate of drug-likeness (QED) is 0.672. The van der Waals surface area contributed by atoms with Gasteiger partial charge in [-0.2, -0.15) is 0 Å². The Hall–Kier alpha value is -2.93. The summed E-state index contributed by atoms with van der Waals surface area (Å²) in [6.45, 7) is -0.175. The minimum atomic E-state index is -0.669. The van der Waals surface area contributed by atoms with E-state index in [0.29, 0.717) is 12.1 Å². The van der Waals surface area contributed by atoms with Crippen molar-refractivity contribution in [3.05, 3.63) is 59.9 Å². The summed E-state index contributed by atoms with van der Waals surface area (Å²) < 4.78 is 0. The van der Waals surface area contributed by atoms with Gasteiger partial charge in [-0.1, -0.05) is 24.3 Å². The van der Waals surface area contributed by atoms with E-state index in [0.717, 1.165) is 11.1 Å². The van der Waals surface area contributed by atoms with Gasteiger partial charge in [0.05, 0.1) is 30.6 Å². The number of hydrogen-bond donors (Lipinski definition) is 4. The van der Waals surface area contributed by atoms with E-state index in [4.69, 9.17) is 0 Å². The van der Waals surface area contributed by atoms with Crippen molar-refractivity contribution in [2.24, 2.45) is 0 Å². The predicted octanol–water partition coefficient (Wildman–Crippen LogP) is 0.978. The Balaban J connectivity index is 1.50. The molecule has 4 N–H and O–H groups in total. The van der Waals surface area contributed by atoms with Crippen LogP contribution >= 0.6 is 0 Å². The molecule has 7 nitrogen and oxygen atoms in total. The van der Waals surface area contributed by atoms with Crippen molar-refractivity contribution in [1.29, 1.82) is 0 Å². The fraction of sp³-hybridized carbons (Fsp3) is 0.235. The van der Waals surface area contributed by atoms with Crippen LogP contribution in [0.15, 0.2) is 48.8 Å². The van der Waals surface area contributed by atoms with Crippen LogP contribution < -0.4 is 16.0 Å². The number of rotatable bonds is 4. The van der Waals surface area contributed by atoms with Gasteiger partial charge in [-0.3, -0.25) is 9.78 Å². The lowest BCUT2D eigenvalue weighted by Gasteiger charge is -2.18. The smallest absolute Gasteiger partial charge is 0.315 e. The van der Waals surface area contributed by atoms with Crippen LogP contribution in [0.4, 0.5) is 10.5 Å². The lowest BCUT2D eigenvalue weighted by molar-refractivity contribution is -0.115. The van der Waals surface area contributed by atoms with Crippen LogP contribution in [0.1, 0.15) is 17.2 Å². The topological polar surface area (TPSA) is 103 Å². The van der Waals surface area contributed by atoms with Gasteiger partial charge in [-0.05, 0) is 23.3 Å². The summed E-state index contributed by atoms with van der Waals surface area (Å²) in [6.07, 6.45) is 2.95. The highest BCUT2D eigenvalue weighted by atomic mass is 16.3. The first-order valence-corrected chi connectivity index (χ1v) is 7.63. The normalized spacial score (nSPS) is 18.5. The number of hydrogen-bond acceptors (Lipinski definition) is 4. The summed E-state index contributed by atoms with van der Waals surface area (Å²) >= 11 is 0. The summed E-state index contributed by atoms with van der Waals surface area (Å²) in [4.78, 5) is 27.7. The van der Waals surface area contributed by atoms with Crippen LogP contribution in [0.3, 0.4) is 0 Å². The van der Waals surface area contributed by atoms with Crippen molar-refractivity contribution in [2.45, 2.75) is 18.6 Å². The zero-order valence-electron chi connectivity index (χ0n) is 12.9. The second-order valence-corrected chi connectivity index (χ2v) is 5.56. The van der Waals surface area contributed by atoms with Gasteiger partial charge in [0, 0.05) is 12.6 Å². The molecule has 0 saturated heterocycles. The van der Waals surface area contributed by atoms with E-state index in [1.807, 2.05) is 24.3 Å². The van der Waals surface area contributed by atoms with Crippen molar-refractivity contribution < 1.29 is 14.7 Å². The first-order valence-electron chi connectivity index (χ1n) is 7.63. The lowest BCUT2D eigenvalue weighted by atomic mass is 10.1. The zero-order valence-corrected chi connectivity index (χ0v) is 12.9. The fourth-order valence-electron chi connectivity index (χ4n) is 2.74. The molecule has 1 aliphatic rings. The molecule has 1 heterocycles. The molecule has 2 aromatic rings. The zero-order chi connectivity index (χ0) is 16.9. The highest BCUT2D eigenvalue weighted by molar-refractivity contribution is 5.94. The molecule has 1 aromatic heterocycles. The van der Waals surface area contributed by atoms with Gasteiger partial charge in [-0.25, -0.2) is 4.79 Å². The van der Waals surface area contributed by atoms with Crippen LogP contribution in [0.2, 0.25) is 0 Å². The molecule has 0 aliphatic heterocycles. The fourth-order valence-corrected chi connectivity index (χ4v) is 2.74. The van der Waals surface area contributed by atoms with Crippen LogP contribution in [-0.2, 0) is 11.2 Å². The molecule has 3 amide bonds. The number of aromatic nitrogens is 1. The van der Waals surface area contributed by atoms with E-state index < -0.39 is 18.2 Å². The van der Waals surface area contributed by atoms with E-state index >= 15 is 0 Å². The molecule has 1 aromatic carbocycles. The maximum Gasteiger partial charge on any atom is 0.315 e. The molecule has 124 valence electrons. The molecule has 0 saturated carbocycles. The maximum atomic E-state index is 12.0. The molecule has 2 atom stereocenters. The van der Waals surface area contributed by atoms with Crippen molar-refractivity contribution >= 4 is 17.6 Å². The Morgan fingerprint density at radius 1 is 1.21 bits per heavy atom. The number of anilines is 1. The van der Waals surface area contributed by atoms with Crippen molar-refractivity contribution in [2.75, 3.05) is 11.9 Å². The monoisotopic (exact) mass is 326 g/mol. The highest BCUT2D eigenvalue weighted by Gasteiger charge is 2.31. The number of urea groups is 1. The van der Waals surface area contributed by atoms with E-state index in [2.05, 4.69) is 20.9 Å². The average molecular weight is 326 g/mol. The second kappa shape index (κ2) is 7.10. The number of aliphatic hydroxyl groups excluding tert-OH is 1. The Labute approximate surface area is 139 Å². The summed E-state index contributed by atoms with van der Waals surface area (Å²) in [5.74, 6) is -0.356. The molecule has 0 bridgehead atoms. The van der Waals surface area contributed by atoms with E-state index in [9.17, 15) is 14.7 Å². The third-order valence-corrected chi connectivity index (χ3v) is 3.85. The first kappa shape index (κ1) is 15.9. The van der Waals surface area contributed by atoms with E-state index in [1.54, 1.807) is 18.3 Å². The Morgan fingerprint density at radius 3 is 2.83 bits per heavy atom. The average Bonchev–Trinajstić information content (AvgIpc) is 2.90. The number of pyridine rings is 1. The van der Waals surface area contributed by atoms with E-state index in [-0.39, 0.29) is 12.5 Å². The van der Waals surface area contributed by atoms with Gasteiger partial charge in [0.1, 0.15) is 0 Å². The van der Waals surface area contributed by atoms with E-state index in [1.165, 1.54) is 6.20 Å². The minimum Gasteiger partial charge on any atom is -0.390 e. The number of benzene rings is 1. The number of fused-ring (bicyclic) bond motifs is 1. The third-order valence-electron chi connectivity index (χ3n) is 3.85. The molecular formula is C17H18N4O3. The molecule has 0 fully saturated rings. The minimum absolute atomic E-state index is 0.175. The van der Waals surface area contributed by atoms with Gasteiger partial charge < -0.3 is 21.1 Å². The number of nitrogens with zero attached hydrogens (tertiary/aromatic N) is 1. The number of nitrogens with one attached hydrogen (secondary N) is 3. The largest absolute Gasteiger partial charge is 0.390 e. The van der Waals surface area contributed by atoms with Crippen molar-refractivity contribution in [3.8, 4) is 0 Å². The van der Waals surface area contributed by atoms with Crippen LogP contribution in [0.25, 0.3) is 0 Å². The van der Waals surface area contributed by atoms with Gasteiger partial charge in [0.25, 0.3) is 0 Å². The standard InChI is InChI=1S/C17H18N4O3/c22-14-8-11-4-1-2-6-13(11)16(14)21-17(24)19-10-15(23)20-12-5-3-7-18-9-12/h1-7,9,14,16,22H,8,10H2,(H,20,23)(H2,19,21,24)/t14-,16+/m1/s1. The summed E-state index contributed by atoms with van der Waals surface area (Å²) in [7, 11) is 0. The molecule has 0 radical (unpaired) electrons. The number of aliphatic hydroxyl groups is 1. The molecule has 7 heteroatoms. The highest BCUT2D eigenvalue weighted by Crippen LogP contribution is 2.30. The lowest BCUT2D eigenvalue weighted by Crippen LogP contribution is -2.43. The third kappa shape index (κ3) is 3.69. The van der Waals surface area contributed by atoms with Gasteiger partial charge in [0.2, 0.25) is 5.91 Å². The maximum absolute atomic E-state index is 12.0.